The quantitative estimate of drug-likeness (QED) is 0.883. The first-order valence-corrected chi connectivity index (χ1v) is 8.59. The Morgan fingerprint density at radius 1 is 1.43 bits per heavy atom. The van der Waals surface area contributed by atoms with Gasteiger partial charge in [-0.25, -0.2) is 0 Å². The lowest BCUT2D eigenvalue weighted by atomic mass is 9.93. The fraction of sp³-hybridized carbons (Fsp3) is 0.471. The van der Waals surface area contributed by atoms with Crippen molar-refractivity contribution >= 4 is 15.9 Å². The van der Waals surface area contributed by atoms with Crippen molar-refractivity contribution in [3.63, 3.8) is 0 Å². The van der Waals surface area contributed by atoms with E-state index in [-0.39, 0.29) is 0 Å². The summed E-state index contributed by atoms with van der Waals surface area (Å²) in [5.41, 5.74) is 4.11. The molecular weight excluding hydrogens is 326 g/mol. The van der Waals surface area contributed by atoms with Gasteiger partial charge in [0.2, 0.25) is 0 Å². The van der Waals surface area contributed by atoms with Gasteiger partial charge in [-0.15, -0.1) is 0 Å². The Labute approximate surface area is 134 Å². The second-order valence-corrected chi connectivity index (χ2v) is 6.65. The van der Waals surface area contributed by atoms with E-state index in [0.29, 0.717) is 6.04 Å². The molecule has 3 nitrogen and oxygen atoms in total. The molecule has 0 spiro atoms. The molecule has 0 saturated heterocycles. The van der Waals surface area contributed by atoms with Crippen molar-refractivity contribution in [1.82, 2.24) is 15.1 Å². The Bertz CT molecular complexity index is 606. The molecule has 0 bridgehead atoms. The number of aromatic nitrogens is 2. The summed E-state index contributed by atoms with van der Waals surface area (Å²) >= 11 is 3.54. The minimum Gasteiger partial charge on any atom is -0.310 e. The third kappa shape index (κ3) is 3.38. The molecule has 21 heavy (non-hydrogen) atoms. The topological polar surface area (TPSA) is 29.9 Å². The summed E-state index contributed by atoms with van der Waals surface area (Å²) in [4.78, 5) is 0. The van der Waals surface area contributed by atoms with Crippen LogP contribution in [0.4, 0.5) is 0 Å². The van der Waals surface area contributed by atoms with Crippen LogP contribution in [0.25, 0.3) is 0 Å². The molecule has 0 fully saturated rings. The number of hydrogen-bond donors (Lipinski definition) is 1. The molecule has 1 aromatic heterocycles. The fourth-order valence-corrected chi connectivity index (χ4v) is 3.54. The van der Waals surface area contributed by atoms with Gasteiger partial charge in [0.05, 0.1) is 12.7 Å². The van der Waals surface area contributed by atoms with Crippen LogP contribution >= 0.6 is 15.9 Å². The van der Waals surface area contributed by atoms with E-state index >= 15 is 0 Å². The molecule has 1 aromatic carbocycles. The molecule has 1 aliphatic rings. The highest BCUT2D eigenvalue weighted by Gasteiger charge is 2.23. The SMILES string of the molecule is CCCNC1CCCc2c1cnn2Cc1cccc(Br)c1. The van der Waals surface area contributed by atoms with Gasteiger partial charge in [0, 0.05) is 21.8 Å². The lowest BCUT2D eigenvalue weighted by molar-refractivity contribution is 0.451. The Morgan fingerprint density at radius 3 is 3.14 bits per heavy atom. The zero-order valence-electron chi connectivity index (χ0n) is 12.5. The largest absolute Gasteiger partial charge is 0.310 e. The van der Waals surface area contributed by atoms with Crippen LogP contribution in [-0.4, -0.2) is 16.3 Å². The van der Waals surface area contributed by atoms with Crippen molar-refractivity contribution in [1.29, 1.82) is 0 Å². The van der Waals surface area contributed by atoms with E-state index in [1.165, 1.54) is 36.1 Å². The van der Waals surface area contributed by atoms with E-state index in [4.69, 9.17) is 0 Å². The molecule has 1 unspecified atom stereocenters. The van der Waals surface area contributed by atoms with Crippen LogP contribution in [0.1, 0.15) is 49.0 Å². The maximum absolute atomic E-state index is 4.64. The van der Waals surface area contributed by atoms with Gasteiger partial charge in [-0.05, 0) is 49.9 Å². The van der Waals surface area contributed by atoms with Gasteiger partial charge in [-0.1, -0.05) is 35.0 Å². The van der Waals surface area contributed by atoms with Crippen LogP contribution in [0.5, 0.6) is 0 Å². The van der Waals surface area contributed by atoms with Gasteiger partial charge in [0.15, 0.2) is 0 Å². The van der Waals surface area contributed by atoms with Crippen molar-refractivity contribution in [3.05, 3.63) is 51.8 Å². The second kappa shape index (κ2) is 6.75. The third-order valence-electron chi connectivity index (χ3n) is 4.12. The summed E-state index contributed by atoms with van der Waals surface area (Å²) in [6.07, 6.45) is 6.87. The Morgan fingerprint density at radius 2 is 2.33 bits per heavy atom. The number of nitrogens with one attached hydrogen (secondary N) is 1. The van der Waals surface area contributed by atoms with E-state index in [0.717, 1.165) is 24.0 Å². The lowest BCUT2D eigenvalue weighted by Crippen LogP contribution is -2.26. The van der Waals surface area contributed by atoms with Gasteiger partial charge < -0.3 is 5.32 Å². The number of fused-ring (bicyclic) bond motifs is 1. The third-order valence-corrected chi connectivity index (χ3v) is 4.62. The number of hydrogen-bond acceptors (Lipinski definition) is 2. The zero-order chi connectivity index (χ0) is 14.7. The minimum atomic E-state index is 0.491. The first kappa shape index (κ1) is 14.8. The first-order valence-electron chi connectivity index (χ1n) is 7.80. The normalized spacial score (nSPS) is 17.7. The molecule has 2 aromatic rings. The predicted molar refractivity (Wildman–Crippen MR) is 89.4 cm³/mol. The molecule has 1 aliphatic carbocycles. The molecule has 112 valence electrons. The summed E-state index contributed by atoms with van der Waals surface area (Å²) in [6, 6.07) is 8.97. The molecule has 1 heterocycles. The van der Waals surface area contributed by atoms with E-state index < -0.39 is 0 Å². The second-order valence-electron chi connectivity index (χ2n) is 5.73. The summed E-state index contributed by atoms with van der Waals surface area (Å²) in [5.74, 6) is 0. The first-order chi connectivity index (χ1) is 10.3. The molecular formula is C17H22BrN3. The van der Waals surface area contributed by atoms with Crippen LogP contribution in [0.3, 0.4) is 0 Å². The van der Waals surface area contributed by atoms with E-state index in [2.05, 4.69) is 68.4 Å². The van der Waals surface area contributed by atoms with Gasteiger partial charge in [0.1, 0.15) is 0 Å². The van der Waals surface area contributed by atoms with Crippen LogP contribution in [-0.2, 0) is 13.0 Å². The van der Waals surface area contributed by atoms with Crippen molar-refractivity contribution in [2.24, 2.45) is 0 Å². The molecule has 4 heteroatoms. The predicted octanol–water partition coefficient (Wildman–Crippen LogP) is 4.07. The van der Waals surface area contributed by atoms with E-state index in [1.54, 1.807) is 0 Å². The average molecular weight is 348 g/mol. The van der Waals surface area contributed by atoms with Gasteiger partial charge in [0.25, 0.3) is 0 Å². The highest BCUT2D eigenvalue weighted by Crippen LogP contribution is 2.30. The Hall–Kier alpha value is -1.13. The van der Waals surface area contributed by atoms with Crippen molar-refractivity contribution in [2.45, 2.75) is 45.2 Å². The molecule has 3 rings (SSSR count). The summed E-state index contributed by atoms with van der Waals surface area (Å²) in [7, 11) is 0. The minimum absolute atomic E-state index is 0.491. The number of benzene rings is 1. The molecule has 1 atom stereocenters. The van der Waals surface area contributed by atoms with Crippen LogP contribution in [0, 0.1) is 0 Å². The van der Waals surface area contributed by atoms with E-state index in [9.17, 15) is 0 Å². The number of halogens is 1. The van der Waals surface area contributed by atoms with Crippen LogP contribution < -0.4 is 5.32 Å². The zero-order valence-corrected chi connectivity index (χ0v) is 14.1. The number of rotatable bonds is 5. The standard InChI is InChI=1S/C17H22BrN3/c1-2-9-19-16-7-4-8-17-15(16)11-20-21(17)12-13-5-3-6-14(18)10-13/h3,5-6,10-11,16,19H,2,4,7-9,12H2,1H3. The number of nitrogens with zero attached hydrogens (tertiary/aromatic N) is 2. The summed E-state index contributed by atoms with van der Waals surface area (Å²) < 4.78 is 3.31. The van der Waals surface area contributed by atoms with Gasteiger partial charge in [-0.2, -0.15) is 5.10 Å². The average Bonchev–Trinajstić information content (AvgIpc) is 2.89. The molecule has 0 saturated carbocycles. The highest BCUT2D eigenvalue weighted by atomic mass is 79.9. The maximum Gasteiger partial charge on any atom is 0.0663 e. The summed E-state index contributed by atoms with van der Waals surface area (Å²) in [6.45, 7) is 4.16. The maximum atomic E-state index is 4.64. The summed E-state index contributed by atoms with van der Waals surface area (Å²) in [5, 5.41) is 8.30. The highest BCUT2D eigenvalue weighted by molar-refractivity contribution is 9.10. The van der Waals surface area contributed by atoms with Crippen molar-refractivity contribution < 1.29 is 0 Å². The van der Waals surface area contributed by atoms with Crippen molar-refractivity contribution in [2.75, 3.05) is 6.54 Å². The Kier molecular flexibility index (Phi) is 4.76. The lowest BCUT2D eigenvalue weighted by Gasteiger charge is -2.24. The molecule has 0 radical (unpaired) electrons. The van der Waals surface area contributed by atoms with Crippen LogP contribution in [0.2, 0.25) is 0 Å². The monoisotopic (exact) mass is 347 g/mol. The smallest absolute Gasteiger partial charge is 0.0663 e. The molecule has 0 aliphatic heterocycles. The fourth-order valence-electron chi connectivity index (χ4n) is 3.09. The molecule has 0 amide bonds. The Balaban J connectivity index is 1.80. The van der Waals surface area contributed by atoms with Gasteiger partial charge in [-0.3, -0.25) is 4.68 Å². The molecule has 1 N–H and O–H groups in total. The van der Waals surface area contributed by atoms with Crippen molar-refractivity contribution in [3.8, 4) is 0 Å². The van der Waals surface area contributed by atoms with Gasteiger partial charge >= 0.3 is 0 Å². The van der Waals surface area contributed by atoms with E-state index in [1.807, 2.05) is 0 Å². The van der Waals surface area contributed by atoms with Crippen LogP contribution in [0.15, 0.2) is 34.9 Å².